The number of aliphatic hydroxyl groups excluding tert-OH is 1. The largest absolute Gasteiger partial charge is 0.396 e. The van der Waals surface area contributed by atoms with E-state index in [4.69, 9.17) is 5.11 Å². The smallest absolute Gasteiger partial charge is 0.244 e. The van der Waals surface area contributed by atoms with Gasteiger partial charge in [-0.15, -0.1) is 11.8 Å². The number of aliphatic hydroxyl groups is 1. The van der Waals surface area contributed by atoms with Crippen molar-refractivity contribution in [2.45, 2.75) is 73.0 Å². The Morgan fingerprint density at radius 2 is 1.94 bits per heavy atom. The van der Waals surface area contributed by atoms with Crippen LogP contribution in [-0.2, 0) is 20.9 Å². The van der Waals surface area contributed by atoms with Crippen LogP contribution in [0.15, 0.2) is 30.3 Å². The third-order valence-corrected chi connectivity index (χ3v) is 10.4. The van der Waals surface area contributed by atoms with Gasteiger partial charge in [0, 0.05) is 35.8 Å². The van der Waals surface area contributed by atoms with Crippen molar-refractivity contribution in [2.24, 2.45) is 11.8 Å². The molecule has 3 heterocycles. The Labute approximate surface area is 213 Å². The molecular weight excluding hydrogens is 518 g/mol. The molecule has 0 radical (unpaired) electrons. The molecule has 9 heteroatoms. The molecule has 34 heavy (non-hydrogen) atoms. The molecular formula is C25H34BrN3O4S. The molecule has 3 amide bonds. The maximum Gasteiger partial charge on any atom is 0.244 e. The molecule has 1 aromatic rings. The fourth-order valence-electron chi connectivity index (χ4n) is 5.81. The number of fused-ring (bicyclic) bond motifs is 1. The van der Waals surface area contributed by atoms with Gasteiger partial charge in [0.25, 0.3) is 0 Å². The van der Waals surface area contributed by atoms with Crippen molar-refractivity contribution in [3.8, 4) is 0 Å². The number of alkyl halides is 1. The normalized spacial score (nSPS) is 31.7. The fourth-order valence-corrected chi connectivity index (χ4v) is 9.42. The monoisotopic (exact) mass is 551 g/mol. The number of likely N-dealkylation sites (tertiary alicyclic amines) is 1. The van der Waals surface area contributed by atoms with Crippen LogP contribution in [0.4, 0.5) is 0 Å². The quantitative estimate of drug-likeness (QED) is 0.306. The van der Waals surface area contributed by atoms with Crippen molar-refractivity contribution in [1.29, 1.82) is 0 Å². The van der Waals surface area contributed by atoms with Gasteiger partial charge in [0.15, 0.2) is 0 Å². The number of nitrogens with zero attached hydrogens (tertiary/aromatic N) is 1. The molecule has 0 aliphatic carbocycles. The average molecular weight is 553 g/mol. The Morgan fingerprint density at radius 3 is 2.62 bits per heavy atom. The second-order valence-corrected chi connectivity index (χ2v) is 12.6. The van der Waals surface area contributed by atoms with E-state index >= 15 is 0 Å². The number of unbranched alkanes of at least 4 members (excludes halogenated alkanes) is 2. The highest BCUT2D eigenvalue weighted by Crippen LogP contribution is 2.67. The number of carbonyl (C=O) groups excluding carboxylic acids is 3. The summed E-state index contributed by atoms with van der Waals surface area (Å²) in [5, 5.41) is 15.2. The Hall–Kier alpha value is -1.58. The first-order valence-corrected chi connectivity index (χ1v) is 13.9. The summed E-state index contributed by atoms with van der Waals surface area (Å²) in [6.07, 6.45) is 2.86. The van der Waals surface area contributed by atoms with Crippen molar-refractivity contribution in [3.63, 3.8) is 0 Å². The van der Waals surface area contributed by atoms with Gasteiger partial charge in [0.1, 0.15) is 6.04 Å². The summed E-state index contributed by atoms with van der Waals surface area (Å²) in [5.74, 6) is -1.31. The molecule has 7 nitrogen and oxygen atoms in total. The third-order valence-electron chi connectivity index (χ3n) is 7.14. The maximum absolute atomic E-state index is 13.8. The molecule has 3 unspecified atom stereocenters. The lowest BCUT2D eigenvalue weighted by Gasteiger charge is -2.35. The summed E-state index contributed by atoms with van der Waals surface area (Å²) in [7, 11) is 0. The van der Waals surface area contributed by atoms with Gasteiger partial charge in [-0.1, -0.05) is 46.3 Å². The van der Waals surface area contributed by atoms with Gasteiger partial charge in [-0.3, -0.25) is 14.4 Å². The number of amides is 3. The highest BCUT2D eigenvalue weighted by atomic mass is 79.9. The van der Waals surface area contributed by atoms with Gasteiger partial charge < -0.3 is 20.6 Å². The third kappa shape index (κ3) is 4.63. The van der Waals surface area contributed by atoms with Crippen LogP contribution in [0.5, 0.6) is 0 Å². The lowest BCUT2D eigenvalue weighted by Crippen LogP contribution is -2.55. The first-order valence-electron chi connectivity index (χ1n) is 12.2. The number of thioether (sulfide) groups is 1. The van der Waals surface area contributed by atoms with Crippen LogP contribution in [0.2, 0.25) is 0 Å². The summed E-state index contributed by atoms with van der Waals surface area (Å²) >= 11 is 5.44. The van der Waals surface area contributed by atoms with Gasteiger partial charge in [-0.25, -0.2) is 0 Å². The Morgan fingerprint density at radius 1 is 1.21 bits per heavy atom. The maximum atomic E-state index is 13.8. The Balaban J connectivity index is 1.60. The van der Waals surface area contributed by atoms with Crippen molar-refractivity contribution < 1.29 is 19.5 Å². The standard InChI is InChI=1S/C25H34BrN3O4S/c1-15(2)28-23(32)21-25-13-17(26)20(34-25)18(22(31)27-14-16-9-5-3-6-10-16)19(25)24(33)29(21)11-7-4-8-12-30/h3,5-6,9-10,15,17-21,30H,4,7-8,11-14H2,1-2H3,(H,27,31)(H,28,32)/t17?,18-,19-,20-,21?,25?/m0/s1. The number of carbonyl (C=O) groups is 3. The molecule has 3 aliphatic rings. The number of benzene rings is 1. The number of halogens is 1. The minimum atomic E-state index is -0.610. The van der Waals surface area contributed by atoms with Crippen LogP contribution in [-0.4, -0.2) is 67.8 Å². The molecule has 1 aromatic carbocycles. The van der Waals surface area contributed by atoms with E-state index in [2.05, 4.69) is 26.6 Å². The van der Waals surface area contributed by atoms with Crippen LogP contribution in [0.1, 0.15) is 45.1 Å². The van der Waals surface area contributed by atoms with Crippen LogP contribution in [0.3, 0.4) is 0 Å². The van der Waals surface area contributed by atoms with Crippen molar-refractivity contribution in [1.82, 2.24) is 15.5 Å². The zero-order chi connectivity index (χ0) is 24.5. The molecule has 2 bridgehead atoms. The van der Waals surface area contributed by atoms with E-state index in [0.717, 1.165) is 18.4 Å². The van der Waals surface area contributed by atoms with E-state index in [0.29, 0.717) is 25.9 Å². The van der Waals surface area contributed by atoms with Crippen LogP contribution in [0.25, 0.3) is 0 Å². The Kier molecular flexibility index (Phi) is 7.94. The summed E-state index contributed by atoms with van der Waals surface area (Å²) in [5.41, 5.74) is 1.01. The molecule has 6 atom stereocenters. The van der Waals surface area contributed by atoms with Gasteiger partial charge >= 0.3 is 0 Å². The molecule has 4 rings (SSSR count). The second kappa shape index (κ2) is 10.6. The molecule has 0 saturated carbocycles. The second-order valence-electron chi connectivity index (χ2n) is 9.85. The Bertz CT molecular complexity index is 917. The number of rotatable bonds is 10. The topological polar surface area (TPSA) is 98.7 Å². The average Bonchev–Trinajstić information content (AvgIpc) is 3.39. The van der Waals surface area contributed by atoms with Crippen LogP contribution < -0.4 is 10.6 Å². The minimum Gasteiger partial charge on any atom is -0.396 e. The van der Waals surface area contributed by atoms with Crippen LogP contribution in [0, 0.1) is 11.8 Å². The molecule has 3 saturated heterocycles. The van der Waals surface area contributed by atoms with Crippen molar-refractivity contribution >= 4 is 45.4 Å². The highest BCUT2D eigenvalue weighted by molar-refractivity contribution is 9.09. The van der Waals surface area contributed by atoms with Gasteiger partial charge in [0.2, 0.25) is 17.7 Å². The lowest BCUT2D eigenvalue weighted by atomic mass is 9.70. The zero-order valence-electron chi connectivity index (χ0n) is 19.7. The summed E-state index contributed by atoms with van der Waals surface area (Å²) in [4.78, 5) is 42.5. The lowest BCUT2D eigenvalue weighted by molar-refractivity contribution is -0.140. The van der Waals surface area contributed by atoms with E-state index < -0.39 is 22.6 Å². The van der Waals surface area contributed by atoms with Gasteiger partial charge in [-0.2, -0.15) is 0 Å². The number of hydrogen-bond acceptors (Lipinski definition) is 5. The van der Waals surface area contributed by atoms with Gasteiger partial charge in [0.05, 0.1) is 16.6 Å². The van der Waals surface area contributed by atoms with Gasteiger partial charge in [-0.05, 0) is 45.1 Å². The first-order chi connectivity index (χ1) is 16.3. The molecule has 3 aliphatic heterocycles. The summed E-state index contributed by atoms with van der Waals surface area (Å²) in [6.45, 7) is 4.83. The van der Waals surface area contributed by atoms with E-state index in [9.17, 15) is 14.4 Å². The summed E-state index contributed by atoms with van der Waals surface area (Å²) < 4.78 is -0.610. The SMILES string of the molecule is CC(C)NC(=O)C1N(CCCCCO)C(=O)[C@@H]2[C@H](C(=O)NCc3ccccc3)[C@H]3SC12CC3Br. The number of hydrogen-bond donors (Lipinski definition) is 3. The van der Waals surface area contributed by atoms with Crippen molar-refractivity contribution in [3.05, 3.63) is 35.9 Å². The predicted octanol–water partition coefficient (Wildman–Crippen LogP) is 2.45. The van der Waals surface area contributed by atoms with E-state index in [1.54, 1.807) is 16.7 Å². The molecule has 0 aromatic heterocycles. The minimum absolute atomic E-state index is 0.0392. The van der Waals surface area contributed by atoms with Crippen LogP contribution >= 0.6 is 27.7 Å². The highest BCUT2D eigenvalue weighted by Gasteiger charge is 2.75. The van der Waals surface area contributed by atoms with E-state index in [1.807, 2.05) is 44.2 Å². The molecule has 1 spiro atoms. The molecule has 3 fully saturated rings. The first kappa shape index (κ1) is 25.5. The molecule has 3 N–H and O–H groups in total. The summed E-state index contributed by atoms with van der Waals surface area (Å²) in [6, 6.07) is 9.10. The van der Waals surface area contributed by atoms with E-state index in [-0.39, 0.29) is 40.4 Å². The predicted molar refractivity (Wildman–Crippen MR) is 136 cm³/mol. The fraction of sp³-hybridized carbons (Fsp3) is 0.640. The molecule has 186 valence electrons. The van der Waals surface area contributed by atoms with Crippen molar-refractivity contribution in [2.75, 3.05) is 13.2 Å². The van der Waals surface area contributed by atoms with E-state index in [1.165, 1.54) is 0 Å². The zero-order valence-corrected chi connectivity index (χ0v) is 22.1. The number of nitrogens with one attached hydrogen (secondary N) is 2.